The maximum Gasteiger partial charge on any atom is 0.251 e. The van der Waals surface area contributed by atoms with Crippen molar-refractivity contribution in [3.63, 3.8) is 0 Å². The third-order valence-corrected chi connectivity index (χ3v) is 3.27. The van der Waals surface area contributed by atoms with Crippen molar-refractivity contribution >= 4 is 0 Å². The van der Waals surface area contributed by atoms with E-state index in [0.717, 1.165) is 37.6 Å². The molecule has 0 radical (unpaired) electrons. The van der Waals surface area contributed by atoms with Crippen molar-refractivity contribution in [1.82, 2.24) is 19.8 Å². The van der Waals surface area contributed by atoms with Gasteiger partial charge in [-0.25, -0.2) is 4.98 Å². The first-order valence-electron chi connectivity index (χ1n) is 6.03. The summed E-state index contributed by atoms with van der Waals surface area (Å²) in [6.07, 6.45) is 1.15. The van der Waals surface area contributed by atoms with Gasteiger partial charge in [0.15, 0.2) is 0 Å². The number of hydrogen-bond acceptors (Lipinski definition) is 4. The van der Waals surface area contributed by atoms with Gasteiger partial charge in [0.05, 0.1) is 6.04 Å². The fraction of sp³-hybridized carbons (Fsp3) is 0.667. The quantitative estimate of drug-likeness (QED) is 0.766. The summed E-state index contributed by atoms with van der Waals surface area (Å²) >= 11 is 0. The van der Waals surface area contributed by atoms with Gasteiger partial charge in [0.1, 0.15) is 5.82 Å². The lowest BCUT2D eigenvalue weighted by Crippen LogP contribution is -2.33. The fourth-order valence-electron chi connectivity index (χ4n) is 2.33. The van der Waals surface area contributed by atoms with Crippen LogP contribution in [0.3, 0.4) is 0 Å². The van der Waals surface area contributed by atoms with Gasteiger partial charge in [-0.2, -0.15) is 0 Å². The number of H-pyrrole nitrogens is 1. The zero-order valence-electron chi connectivity index (χ0n) is 10.7. The summed E-state index contributed by atoms with van der Waals surface area (Å²) in [6, 6.07) is 1.71. The van der Waals surface area contributed by atoms with Crippen LogP contribution in [0.2, 0.25) is 0 Å². The SMILES string of the molecule is Cc1cc(=O)[nH]c(C2CN(C)CCCN2C)n1. The van der Waals surface area contributed by atoms with E-state index in [4.69, 9.17) is 0 Å². The Morgan fingerprint density at radius 3 is 2.88 bits per heavy atom. The summed E-state index contributed by atoms with van der Waals surface area (Å²) in [4.78, 5) is 23.4. The standard InChI is InChI=1S/C12H20N4O/c1-9-7-11(17)14-12(13-9)10-8-15(2)5-4-6-16(10)3/h7,10H,4-6,8H2,1-3H3,(H,13,14,17). The number of rotatable bonds is 1. The maximum atomic E-state index is 11.5. The van der Waals surface area contributed by atoms with Crippen molar-refractivity contribution in [2.45, 2.75) is 19.4 Å². The molecule has 0 amide bonds. The van der Waals surface area contributed by atoms with E-state index >= 15 is 0 Å². The molecule has 17 heavy (non-hydrogen) atoms. The Balaban J connectivity index is 2.32. The molecule has 0 saturated carbocycles. The van der Waals surface area contributed by atoms with E-state index in [-0.39, 0.29) is 11.6 Å². The van der Waals surface area contributed by atoms with Gasteiger partial charge in [-0.1, -0.05) is 0 Å². The minimum atomic E-state index is -0.0622. The Hall–Kier alpha value is -1.20. The number of hydrogen-bond donors (Lipinski definition) is 1. The Bertz CT molecular complexity index is 442. The average molecular weight is 236 g/mol. The van der Waals surface area contributed by atoms with Crippen molar-refractivity contribution in [3.8, 4) is 0 Å². The minimum Gasteiger partial charge on any atom is -0.309 e. The third-order valence-electron chi connectivity index (χ3n) is 3.27. The maximum absolute atomic E-state index is 11.5. The van der Waals surface area contributed by atoms with Gasteiger partial charge in [0, 0.05) is 18.3 Å². The molecule has 1 aromatic rings. The molecule has 2 heterocycles. The molecule has 0 aliphatic carbocycles. The second-order valence-electron chi connectivity index (χ2n) is 4.88. The summed E-state index contributed by atoms with van der Waals surface area (Å²) in [5, 5.41) is 0. The molecule has 0 aromatic carbocycles. The first-order valence-corrected chi connectivity index (χ1v) is 6.03. The number of aryl methyl sites for hydroxylation is 1. The molecule has 0 spiro atoms. The molecule has 2 rings (SSSR count). The molecule has 1 fully saturated rings. The molecule has 1 N–H and O–H groups in total. The van der Waals surface area contributed by atoms with Gasteiger partial charge < -0.3 is 9.88 Å². The molecule has 1 saturated heterocycles. The zero-order valence-corrected chi connectivity index (χ0v) is 10.7. The molecule has 1 unspecified atom stereocenters. The van der Waals surface area contributed by atoms with Crippen LogP contribution in [0.1, 0.15) is 24.0 Å². The van der Waals surface area contributed by atoms with E-state index in [2.05, 4.69) is 33.9 Å². The summed E-state index contributed by atoms with van der Waals surface area (Å²) in [7, 11) is 4.20. The fourth-order valence-corrected chi connectivity index (χ4v) is 2.33. The van der Waals surface area contributed by atoms with Gasteiger partial charge in [-0.15, -0.1) is 0 Å². The Morgan fingerprint density at radius 1 is 1.41 bits per heavy atom. The second kappa shape index (κ2) is 4.98. The lowest BCUT2D eigenvalue weighted by molar-refractivity contribution is 0.219. The monoisotopic (exact) mass is 236 g/mol. The van der Waals surface area contributed by atoms with Crippen LogP contribution in [-0.4, -0.2) is 53.5 Å². The lowest BCUT2D eigenvalue weighted by atomic mass is 10.2. The van der Waals surface area contributed by atoms with Gasteiger partial charge in [0.2, 0.25) is 0 Å². The first kappa shape index (κ1) is 12.3. The number of aromatic amines is 1. The number of likely N-dealkylation sites (N-methyl/N-ethyl adjacent to an activating group) is 2. The van der Waals surface area contributed by atoms with Gasteiger partial charge in [-0.05, 0) is 40.5 Å². The highest BCUT2D eigenvalue weighted by atomic mass is 16.1. The molecule has 5 heteroatoms. The molecular formula is C12H20N4O. The highest BCUT2D eigenvalue weighted by Gasteiger charge is 2.24. The average Bonchev–Trinajstić information content (AvgIpc) is 2.39. The van der Waals surface area contributed by atoms with Crippen molar-refractivity contribution in [3.05, 3.63) is 27.9 Å². The highest BCUT2D eigenvalue weighted by molar-refractivity contribution is 5.05. The van der Waals surface area contributed by atoms with Gasteiger partial charge in [0.25, 0.3) is 5.56 Å². The third kappa shape index (κ3) is 2.92. The Labute approximate surface area is 101 Å². The van der Waals surface area contributed by atoms with Crippen LogP contribution in [0.15, 0.2) is 10.9 Å². The van der Waals surface area contributed by atoms with Crippen molar-refractivity contribution in [1.29, 1.82) is 0 Å². The zero-order chi connectivity index (χ0) is 12.4. The van der Waals surface area contributed by atoms with Crippen LogP contribution in [0.25, 0.3) is 0 Å². The van der Waals surface area contributed by atoms with Crippen LogP contribution >= 0.6 is 0 Å². The van der Waals surface area contributed by atoms with Gasteiger partial charge in [-0.3, -0.25) is 9.69 Å². The summed E-state index contributed by atoms with van der Waals surface area (Å²) < 4.78 is 0. The molecule has 0 bridgehead atoms. The smallest absolute Gasteiger partial charge is 0.251 e. The van der Waals surface area contributed by atoms with Gasteiger partial charge >= 0.3 is 0 Å². The molecule has 1 aliphatic rings. The van der Waals surface area contributed by atoms with E-state index in [1.54, 1.807) is 0 Å². The largest absolute Gasteiger partial charge is 0.309 e. The van der Waals surface area contributed by atoms with Crippen LogP contribution in [0.4, 0.5) is 0 Å². The molecule has 5 nitrogen and oxygen atoms in total. The Kier molecular flexibility index (Phi) is 3.59. The molecule has 94 valence electrons. The van der Waals surface area contributed by atoms with Crippen LogP contribution < -0.4 is 5.56 Å². The second-order valence-corrected chi connectivity index (χ2v) is 4.88. The molecular weight excluding hydrogens is 216 g/mol. The van der Waals surface area contributed by atoms with Crippen molar-refractivity contribution in [2.75, 3.05) is 33.7 Å². The topological polar surface area (TPSA) is 52.2 Å². The molecule has 1 aromatic heterocycles. The summed E-state index contributed by atoms with van der Waals surface area (Å²) in [5.74, 6) is 0.784. The molecule has 1 aliphatic heterocycles. The van der Waals surface area contributed by atoms with Crippen molar-refractivity contribution in [2.24, 2.45) is 0 Å². The Morgan fingerprint density at radius 2 is 2.18 bits per heavy atom. The van der Waals surface area contributed by atoms with E-state index in [0.29, 0.717) is 0 Å². The minimum absolute atomic E-state index is 0.0622. The predicted molar refractivity (Wildman–Crippen MR) is 67.1 cm³/mol. The van der Waals surface area contributed by atoms with E-state index in [9.17, 15) is 4.79 Å². The number of nitrogens with one attached hydrogen (secondary N) is 1. The predicted octanol–water partition coefficient (Wildman–Crippen LogP) is 0.387. The van der Waals surface area contributed by atoms with Crippen LogP contribution in [0, 0.1) is 6.92 Å². The molecule has 1 atom stereocenters. The van der Waals surface area contributed by atoms with E-state index in [1.807, 2.05) is 6.92 Å². The van der Waals surface area contributed by atoms with E-state index < -0.39 is 0 Å². The summed E-state index contributed by atoms with van der Waals surface area (Å²) in [6.45, 7) is 4.89. The lowest BCUT2D eigenvalue weighted by Gasteiger charge is -2.26. The van der Waals surface area contributed by atoms with E-state index in [1.165, 1.54) is 6.07 Å². The number of aromatic nitrogens is 2. The first-order chi connectivity index (χ1) is 8.06. The highest BCUT2D eigenvalue weighted by Crippen LogP contribution is 2.19. The number of nitrogens with zero attached hydrogens (tertiary/aromatic N) is 3. The summed E-state index contributed by atoms with van der Waals surface area (Å²) in [5.41, 5.74) is 0.719. The van der Waals surface area contributed by atoms with Crippen LogP contribution in [-0.2, 0) is 0 Å². The normalized spacial score (nSPS) is 23.6. The van der Waals surface area contributed by atoms with Crippen LogP contribution in [0.5, 0.6) is 0 Å². The van der Waals surface area contributed by atoms with Crippen molar-refractivity contribution < 1.29 is 0 Å².